The molecule has 1 atom stereocenters. The lowest BCUT2D eigenvalue weighted by atomic mass is 10.1. The second kappa shape index (κ2) is 6.73. The van der Waals surface area contributed by atoms with E-state index in [2.05, 4.69) is 0 Å². The first kappa shape index (κ1) is 15.0. The van der Waals surface area contributed by atoms with E-state index in [0.717, 1.165) is 0 Å². The average Bonchev–Trinajstić information content (AvgIpc) is 2.37. The number of nitrogens with zero attached hydrogens (tertiary/aromatic N) is 1. The number of hydrogen-bond donors (Lipinski definition) is 1. The summed E-state index contributed by atoms with van der Waals surface area (Å²) in [5.41, 5.74) is 0.540. The summed E-state index contributed by atoms with van der Waals surface area (Å²) in [5.74, 6) is 0.507. The topological polar surface area (TPSA) is 49.8 Å². The van der Waals surface area contributed by atoms with Crippen molar-refractivity contribution in [1.82, 2.24) is 4.90 Å². The van der Waals surface area contributed by atoms with Gasteiger partial charge in [0.2, 0.25) is 0 Å². The summed E-state index contributed by atoms with van der Waals surface area (Å²) in [6.45, 7) is 2.12. The lowest BCUT2D eigenvalue weighted by Crippen LogP contribution is -2.36. The number of rotatable bonds is 6. The number of ether oxygens (including phenoxy) is 1. The number of hydrogen-bond acceptors (Lipinski definition) is 4. The fraction of sp³-hybridized carbons (Fsp3) is 0.462. The van der Waals surface area contributed by atoms with E-state index in [1.165, 1.54) is 7.11 Å². The minimum atomic E-state index is -0.0531. The van der Waals surface area contributed by atoms with Crippen LogP contribution in [0.5, 0.6) is 5.75 Å². The molecule has 0 spiro atoms. The molecule has 5 heteroatoms. The van der Waals surface area contributed by atoms with E-state index in [1.54, 1.807) is 30.1 Å². The summed E-state index contributed by atoms with van der Waals surface area (Å²) in [4.78, 5) is 13.8. The maximum absolute atomic E-state index is 12.0. The number of benzene rings is 1. The van der Waals surface area contributed by atoms with Gasteiger partial charge in [-0.3, -0.25) is 9.69 Å². The van der Waals surface area contributed by atoms with E-state index in [0.29, 0.717) is 16.3 Å². The van der Waals surface area contributed by atoms with E-state index in [-0.39, 0.29) is 25.0 Å². The Morgan fingerprint density at radius 1 is 1.56 bits per heavy atom. The van der Waals surface area contributed by atoms with Crippen molar-refractivity contribution in [1.29, 1.82) is 0 Å². The quantitative estimate of drug-likeness (QED) is 0.802. The van der Waals surface area contributed by atoms with Gasteiger partial charge in [0.25, 0.3) is 0 Å². The van der Waals surface area contributed by atoms with Crippen LogP contribution in [0.4, 0.5) is 0 Å². The summed E-state index contributed by atoms with van der Waals surface area (Å²) >= 11 is 5.97. The van der Waals surface area contributed by atoms with Crippen LogP contribution in [0.25, 0.3) is 0 Å². The number of halogens is 1. The van der Waals surface area contributed by atoms with Crippen LogP contribution in [0.1, 0.15) is 17.3 Å². The van der Waals surface area contributed by atoms with Gasteiger partial charge in [-0.25, -0.2) is 0 Å². The van der Waals surface area contributed by atoms with Crippen LogP contribution in [-0.2, 0) is 0 Å². The van der Waals surface area contributed by atoms with Crippen molar-refractivity contribution in [2.45, 2.75) is 13.0 Å². The molecule has 0 amide bonds. The van der Waals surface area contributed by atoms with Gasteiger partial charge in [0, 0.05) is 11.6 Å². The van der Waals surface area contributed by atoms with E-state index in [4.69, 9.17) is 21.4 Å². The smallest absolute Gasteiger partial charge is 0.176 e. The molecule has 0 aromatic heterocycles. The Balaban J connectivity index is 2.76. The van der Waals surface area contributed by atoms with Gasteiger partial charge in [-0.15, -0.1) is 0 Å². The molecule has 1 N–H and O–H groups in total. The van der Waals surface area contributed by atoms with Crippen molar-refractivity contribution in [3.8, 4) is 5.75 Å². The van der Waals surface area contributed by atoms with Crippen molar-refractivity contribution < 1.29 is 14.6 Å². The van der Waals surface area contributed by atoms with Gasteiger partial charge in [0.15, 0.2) is 5.78 Å². The second-order valence-electron chi connectivity index (χ2n) is 4.22. The largest absolute Gasteiger partial charge is 0.495 e. The highest BCUT2D eigenvalue weighted by atomic mass is 35.5. The van der Waals surface area contributed by atoms with E-state index >= 15 is 0 Å². The highest BCUT2D eigenvalue weighted by molar-refractivity contribution is 6.32. The highest BCUT2D eigenvalue weighted by Crippen LogP contribution is 2.25. The van der Waals surface area contributed by atoms with Gasteiger partial charge in [-0.2, -0.15) is 0 Å². The van der Waals surface area contributed by atoms with Crippen molar-refractivity contribution in [2.75, 3.05) is 27.3 Å². The summed E-state index contributed by atoms with van der Waals surface area (Å²) in [6.07, 6.45) is 0. The van der Waals surface area contributed by atoms with Crippen molar-refractivity contribution in [3.05, 3.63) is 28.8 Å². The van der Waals surface area contributed by atoms with Crippen LogP contribution in [0.2, 0.25) is 5.02 Å². The zero-order valence-electron chi connectivity index (χ0n) is 10.8. The highest BCUT2D eigenvalue weighted by Gasteiger charge is 2.14. The third-order valence-electron chi connectivity index (χ3n) is 2.88. The van der Waals surface area contributed by atoms with Gasteiger partial charge in [0.1, 0.15) is 5.75 Å². The monoisotopic (exact) mass is 271 g/mol. The van der Waals surface area contributed by atoms with E-state index < -0.39 is 0 Å². The standard InChI is InChI=1S/C13H18ClNO3/c1-9(8-16)15(2)7-12(17)10-4-5-13(18-3)11(14)6-10/h4-6,9,16H,7-8H2,1-3H3. The lowest BCUT2D eigenvalue weighted by Gasteiger charge is -2.21. The van der Waals surface area contributed by atoms with Crippen LogP contribution in [-0.4, -0.2) is 49.1 Å². The molecule has 1 aromatic carbocycles. The normalized spacial score (nSPS) is 12.6. The fourth-order valence-corrected chi connectivity index (χ4v) is 1.71. The van der Waals surface area contributed by atoms with Crippen LogP contribution < -0.4 is 4.74 Å². The Hall–Kier alpha value is -1.10. The third-order valence-corrected chi connectivity index (χ3v) is 3.18. The summed E-state index contributed by atoms with van der Waals surface area (Å²) in [6, 6.07) is 4.90. The molecule has 0 bridgehead atoms. The number of likely N-dealkylation sites (N-methyl/N-ethyl adjacent to an activating group) is 1. The predicted molar refractivity (Wildman–Crippen MR) is 71.5 cm³/mol. The van der Waals surface area contributed by atoms with Crippen LogP contribution in [0, 0.1) is 0 Å². The molecule has 0 radical (unpaired) electrons. The molecule has 0 heterocycles. The number of ketones is 1. The molecule has 0 saturated heterocycles. The first-order valence-corrected chi connectivity index (χ1v) is 6.05. The molecule has 1 rings (SSSR count). The lowest BCUT2D eigenvalue weighted by molar-refractivity contribution is 0.0890. The van der Waals surface area contributed by atoms with E-state index in [9.17, 15) is 4.79 Å². The van der Waals surface area contributed by atoms with Gasteiger partial charge < -0.3 is 9.84 Å². The van der Waals surface area contributed by atoms with E-state index in [1.807, 2.05) is 6.92 Å². The molecular formula is C13H18ClNO3. The first-order chi connectivity index (χ1) is 8.49. The first-order valence-electron chi connectivity index (χ1n) is 5.67. The number of aliphatic hydroxyl groups excluding tert-OH is 1. The maximum Gasteiger partial charge on any atom is 0.176 e. The third kappa shape index (κ3) is 3.70. The zero-order valence-corrected chi connectivity index (χ0v) is 11.6. The Labute approximate surface area is 112 Å². The van der Waals surface area contributed by atoms with Crippen molar-refractivity contribution >= 4 is 17.4 Å². The van der Waals surface area contributed by atoms with Crippen molar-refractivity contribution in [2.24, 2.45) is 0 Å². The molecule has 18 heavy (non-hydrogen) atoms. The molecule has 0 fully saturated rings. The Morgan fingerprint density at radius 2 is 2.22 bits per heavy atom. The number of carbonyl (C=O) groups is 1. The average molecular weight is 272 g/mol. The summed E-state index contributed by atoms with van der Waals surface area (Å²) in [5, 5.41) is 9.43. The predicted octanol–water partition coefficient (Wildman–Crippen LogP) is 1.84. The van der Waals surface area contributed by atoms with Crippen LogP contribution in [0.3, 0.4) is 0 Å². The van der Waals surface area contributed by atoms with Gasteiger partial charge in [-0.05, 0) is 32.2 Å². The summed E-state index contributed by atoms with van der Waals surface area (Å²) < 4.78 is 5.03. The molecular weight excluding hydrogens is 254 g/mol. The molecule has 1 unspecified atom stereocenters. The van der Waals surface area contributed by atoms with Gasteiger partial charge >= 0.3 is 0 Å². The molecule has 0 aliphatic rings. The molecule has 0 aliphatic carbocycles. The Kier molecular flexibility index (Phi) is 5.59. The maximum atomic E-state index is 12.0. The molecule has 0 aliphatic heterocycles. The SMILES string of the molecule is COc1ccc(C(=O)CN(C)C(C)CO)cc1Cl. The minimum absolute atomic E-state index is 0.0210. The van der Waals surface area contributed by atoms with Crippen molar-refractivity contribution in [3.63, 3.8) is 0 Å². The Morgan fingerprint density at radius 3 is 2.72 bits per heavy atom. The molecule has 1 aromatic rings. The summed E-state index contributed by atoms with van der Waals surface area (Å²) in [7, 11) is 3.32. The van der Waals surface area contributed by atoms with Crippen LogP contribution >= 0.6 is 11.6 Å². The fourth-order valence-electron chi connectivity index (χ4n) is 1.45. The number of methoxy groups -OCH3 is 1. The molecule has 0 saturated carbocycles. The molecule has 100 valence electrons. The number of carbonyl (C=O) groups excluding carboxylic acids is 1. The second-order valence-corrected chi connectivity index (χ2v) is 4.63. The van der Waals surface area contributed by atoms with Gasteiger partial charge in [0.05, 0.1) is 25.3 Å². The minimum Gasteiger partial charge on any atom is -0.495 e. The van der Waals surface area contributed by atoms with Gasteiger partial charge in [-0.1, -0.05) is 11.6 Å². The van der Waals surface area contributed by atoms with Crippen LogP contribution in [0.15, 0.2) is 18.2 Å². The zero-order chi connectivity index (χ0) is 13.7. The molecule has 4 nitrogen and oxygen atoms in total. The number of aliphatic hydroxyl groups is 1. The number of Topliss-reactive ketones (excluding diaryl/α,β-unsaturated/α-hetero) is 1. The Bertz CT molecular complexity index is 423.